The van der Waals surface area contributed by atoms with Gasteiger partial charge in [0.25, 0.3) is 0 Å². The minimum Gasteiger partial charge on any atom is -0.495 e. The second-order valence-electron chi connectivity index (χ2n) is 5.75. The Morgan fingerprint density at radius 2 is 2.14 bits per heavy atom. The molecule has 1 heterocycles. The molecule has 1 fully saturated rings. The highest BCUT2D eigenvalue weighted by molar-refractivity contribution is 5.64. The minimum atomic E-state index is 0.627. The quantitative estimate of drug-likeness (QED) is 0.561. The fourth-order valence-electron chi connectivity index (χ4n) is 3.00. The summed E-state index contributed by atoms with van der Waals surface area (Å²) in [6.07, 6.45) is 4.22. The summed E-state index contributed by atoms with van der Waals surface area (Å²) >= 11 is 0. The molecule has 1 saturated carbocycles. The van der Waals surface area contributed by atoms with Crippen molar-refractivity contribution >= 4 is 12.1 Å². The first-order valence-corrected chi connectivity index (χ1v) is 7.67. The van der Waals surface area contributed by atoms with E-state index in [1.165, 1.54) is 29.7 Å². The molecule has 0 spiro atoms. The molecule has 114 valence electrons. The topological polar surface area (TPSA) is 53.6 Å². The molecule has 1 amide bonds. The molecule has 3 rings (SSSR count). The van der Waals surface area contributed by atoms with Crippen molar-refractivity contribution in [1.29, 1.82) is 0 Å². The van der Waals surface area contributed by atoms with Crippen LogP contribution in [0.3, 0.4) is 0 Å². The lowest BCUT2D eigenvalue weighted by molar-refractivity contribution is -0.109. The van der Waals surface area contributed by atoms with E-state index in [9.17, 15) is 4.79 Å². The van der Waals surface area contributed by atoms with Crippen molar-refractivity contribution in [2.45, 2.75) is 38.4 Å². The number of ether oxygens (including phenoxy) is 1. The standard InChI is InChI=1S/C16H23N3O2/c1-21-16-8-13-10-18-9-12(13)7-15(16)19(14-3-4-14)6-2-5-17-11-20/h7-8,11,14,18H,2-6,9-10H2,1H3,(H,17,20). The number of hydrogen-bond acceptors (Lipinski definition) is 4. The van der Waals surface area contributed by atoms with Crippen LogP contribution >= 0.6 is 0 Å². The SMILES string of the molecule is COc1cc2c(cc1N(CCCNC=O)C1CC1)CNC2. The summed E-state index contributed by atoms with van der Waals surface area (Å²) in [5.41, 5.74) is 3.92. The number of nitrogens with zero attached hydrogens (tertiary/aromatic N) is 1. The van der Waals surface area contributed by atoms with Crippen LogP contribution in [-0.4, -0.2) is 32.7 Å². The molecule has 0 saturated heterocycles. The largest absolute Gasteiger partial charge is 0.495 e. The average Bonchev–Trinajstić information content (AvgIpc) is 3.24. The summed E-state index contributed by atoms with van der Waals surface area (Å²) in [6, 6.07) is 5.08. The summed E-state index contributed by atoms with van der Waals surface area (Å²) in [4.78, 5) is 12.8. The molecule has 1 aromatic rings. The zero-order valence-electron chi connectivity index (χ0n) is 12.5. The predicted molar refractivity (Wildman–Crippen MR) is 82.6 cm³/mol. The van der Waals surface area contributed by atoms with Crippen LogP contribution in [0.25, 0.3) is 0 Å². The van der Waals surface area contributed by atoms with Crippen LogP contribution in [0.2, 0.25) is 0 Å². The lowest BCUT2D eigenvalue weighted by atomic mass is 10.1. The van der Waals surface area contributed by atoms with Gasteiger partial charge in [0.2, 0.25) is 6.41 Å². The Kier molecular flexibility index (Phi) is 4.29. The average molecular weight is 289 g/mol. The highest BCUT2D eigenvalue weighted by Crippen LogP contribution is 2.39. The van der Waals surface area contributed by atoms with Gasteiger partial charge in [0.1, 0.15) is 5.75 Å². The molecule has 0 bridgehead atoms. The Bertz CT molecular complexity index is 514. The number of carbonyl (C=O) groups excluding carboxylic acids is 1. The number of anilines is 1. The van der Waals surface area contributed by atoms with Crippen LogP contribution in [0.1, 0.15) is 30.4 Å². The third-order valence-electron chi connectivity index (χ3n) is 4.23. The summed E-state index contributed by atoms with van der Waals surface area (Å²) in [7, 11) is 1.74. The molecule has 0 atom stereocenters. The number of benzene rings is 1. The van der Waals surface area contributed by atoms with E-state index in [2.05, 4.69) is 27.7 Å². The Hall–Kier alpha value is -1.75. The lowest BCUT2D eigenvalue weighted by Gasteiger charge is -2.27. The number of fused-ring (bicyclic) bond motifs is 1. The molecule has 0 radical (unpaired) electrons. The van der Waals surface area contributed by atoms with Crippen molar-refractivity contribution < 1.29 is 9.53 Å². The lowest BCUT2D eigenvalue weighted by Crippen LogP contribution is -2.29. The number of rotatable bonds is 8. The van der Waals surface area contributed by atoms with Gasteiger partial charge in [-0.3, -0.25) is 4.79 Å². The smallest absolute Gasteiger partial charge is 0.207 e. The minimum absolute atomic E-state index is 0.627. The van der Waals surface area contributed by atoms with E-state index >= 15 is 0 Å². The van der Waals surface area contributed by atoms with E-state index < -0.39 is 0 Å². The molecule has 5 heteroatoms. The van der Waals surface area contributed by atoms with Crippen LogP contribution in [-0.2, 0) is 17.9 Å². The first-order chi connectivity index (χ1) is 10.3. The molecule has 0 unspecified atom stereocenters. The number of carbonyl (C=O) groups is 1. The fourth-order valence-corrected chi connectivity index (χ4v) is 3.00. The normalized spacial score (nSPS) is 16.4. The highest BCUT2D eigenvalue weighted by atomic mass is 16.5. The Labute approximate surface area is 125 Å². The van der Waals surface area contributed by atoms with Gasteiger partial charge in [-0.1, -0.05) is 0 Å². The molecule has 21 heavy (non-hydrogen) atoms. The van der Waals surface area contributed by atoms with E-state index in [1.807, 2.05) is 0 Å². The monoisotopic (exact) mass is 289 g/mol. The molecule has 2 aliphatic rings. The van der Waals surface area contributed by atoms with Crippen LogP contribution in [0.5, 0.6) is 5.75 Å². The van der Waals surface area contributed by atoms with Crippen LogP contribution in [0, 0.1) is 0 Å². The zero-order chi connectivity index (χ0) is 14.7. The van der Waals surface area contributed by atoms with Crippen molar-refractivity contribution in [3.05, 3.63) is 23.3 Å². The maximum absolute atomic E-state index is 10.3. The number of nitrogens with one attached hydrogen (secondary N) is 2. The maximum atomic E-state index is 10.3. The van der Waals surface area contributed by atoms with Crippen LogP contribution in [0.4, 0.5) is 5.69 Å². The van der Waals surface area contributed by atoms with E-state index in [0.29, 0.717) is 6.04 Å². The summed E-state index contributed by atoms with van der Waals surface area (Å²) in [5, 5.41) is 6.12. The Morgan fingerprint density at radius 1 is 1.38 bits per heavy atom. The predicted octanol–water partition coefficient (Wildman–Crippen LogP) is 1.40. The van der Waals surface area contributed by atoms with E-state index in [1.54, 1.807) is 7.11 Å². The van der Waals surface area contributed by atoms with Gasteiger partial charge in [-0.2, -0.15) is 0 Å². The van der Waals surface area contributed by atoms with Crippen LogP contribution in [0.15, 0.2) is 12.1 Å². The van der Waals surface area contributed by atoms with Gasteiger partial charge >= 0.3 is 0 Å². The molecule has 0 aromatic heterocycles. The third kappa shape index (κ3) is 3.13. The molecule has 1 aliphatic carbocycles. The molecular formula is C16H23N3O2. The summed E-state index contributed by atoms with van der Waals surface area (Å²) in [5.74, 6) is 0.965. The first-order valence-electron chi connectivity index (χ1n) is 7.67. The number of amides is 1. The molecule has 1 aromatic carbocycles. The van der Waals surface area contributed by atoms with Gasteiger partial charge < -0.3 is 20.3 Å². The van der Waals surface area contributed by atoms with E-state index in [0.717, 1.165) is 44.8 Å². The fraction of sp³-hybridized carbons (Fsp3) is 0.562. The van der Waals surface area contributed by atoms with Gasteiger partial charge in [-0.25, -0.2) is 0 Å². The van der Waals surface area contributed by atoms with Gasteiger partial charge in [-0.05, 0) is 42.5 Å². The van der Waals surface area contributed by atoms with Gasteiger partial charge in [0.05, 0.1) is 12.8 Å². The van der Waals surface area contributed by atoms with Crippen molar-refractivity contribution in [2.75, 3.05) is 25.1 Å². The molecule has 5 nitrogen and oxygen atoms in total. The molecular weight excluding hydrogens is 266 g/mol. The summed E-state index contributed by atoms with van der Waals surface area (Å²) < 4.78 is 5.62. The maximum Gasteiger partial charge on any atom is 0.207 e. The van der Waals surface area contributed by atoms with Crippen molar-refractivity contribution in [1.82, 2.24) is 10.6 Å². The van der Waals surface area contributed by atoms with E-state index in [4.69, 9.17) is 4.74 Å². The van der Waals surface area contributed by atoms with Gasteiger partial charge in [-0.15, -0.1) is 0 Å². The Morgan fingerprint density at radius 3 is 2.81 bits per heavy atom. The number of hydrogen-bond donors (Lipinski definition) is 2. The van der Waals surface area contributed by atoms with Crippen LogP contribution < -0.4 is 20.3 Å². The first kappa shape index (κ1) is 14.2. The van der Waals surface area contributed by atoms with Gasteiger partial charge in [0, 0.05) is 32.2 Å². The Balaban J connectivity index is 1.79. The van der Waals surface area contributed by atoms with Gasteiger partial charge in [0.15, 0.2) is 0 Å². The molecule has 1 aliphatic heterocycles. The third-order valence-corrected chi connectivity index (χ3v) is 4.23. The highest BCUT2D eigenvalue weighted by Gasteiger charge is 2.31. The van der Waals surface area contributed by atoms with Crippen molar-refractivity contribution in [3.8, 4) is 5.75 Å². The zero-order valence-corrected chi connectivity index (χ0v) is 12.5. The van der Waals surface area contributed by atoms with E-state index in [-0.39, 0.29) is 0 Å². The molecule has 2 N–H and O–H groups in total. The van der Waals surface area contributed by atoms with Crippen molar-refractivity contribution in [2.24, 2.45) is 0 Å². The summed E-state index contributed by atoms with van der Waals surface area (Å²) in [6.45, 7) is 3.55. The second kappa shape index (κ2) is 6.35. The number of methoxy groups -OCH3 is 1. The van der Waals surface area contributed by atoms with Crippen molar-refractivity contribution in [3.63, 3.8) is 0 Å². The second-order valence-corrected chi connectivity index (χ2v) is 5.75.